The molecular weight excluding hydrogens is 200 g/mol. The van der Waals surface area contributed by atoms with Gasteiger partial charge in [-0.3, -0.25) is 22.9 Å². The summed E-state index contributed by atoms with van der Waals surface area (Å²) in [4.78, 5) is 0. The molecule has 2 atom stereocenters. The molecular formula is C8H22N4O3. The molecule has 0 fully saturated rings. The number of nitrogens with two attached hydrogens (primary N) is 4. The summed E-state index contributed by atoms with van der Waals surface area (Å²) >= 11 is 0. The summed E-state index contributed by atoms with van der Waals surface area (Å²) in [5.41, 5.74) is 22.1. The molecule has 0 aliphatic rings. The zero-order chi connectivity index (χ0) is 12.3. The first kappa shape index (κ1) is 14.7. The van der Waals surface area contributed by atoms with Crippen LogP contribution in [0.4, 0.5) is 0 Å². The van der Waals surface area contributed by atoms with Crippen molar-refractivity contribution >= 4 is 0 Å². The molecule has 2 unspecified atom stereocenters. The molecule has 0 heterocycles. The smallest absolute Gasteiger partial charge is 0.175 e. The molecule has 0 aromatic rings. The Labute approximate surface area is 89.4 Å². The van der Waals surface area contributed by atoms with E-state index >= 15 is 0 Å². The van der Waals surface area contributed by atoms with Gasteiger partial charge in [-0.1, -0.05) is 0 Å². The number of ether oxygens (including phenoxy) is 1. The maximum Gasteiger partial charge on any atom is 0.175 e. The van der Waals surface area contributed by atoms with Gasteiger partial charge in [0.15, 0.2) is 11.7 Å². The minimum Gasteiger partial charge on any atom is -0.393 e. The first-order chi connectivity index (χ1) is 6.54. The third kappa shape index (κ3) is 7.63. The van der Waals surface area contributed by atoms with Crippen molar-refractivity contribution in [3.8, 4) is 0 Å². The molecule has 0 spiro atoms. The summed E-state index contributed by atoms with van der Waals surface area (Å²) in [6, 6.07) is 0. The second-order valence-electron chi connectivity index (χ2n) is 4.12. The topological polar surface area (TPSA) is 154 Å². The van der Waals surface area contributed by atoms with E-state index in [-0.39, 0.29) is 12.8 Å². The molecule has 0 amide bonds. The molecule has 7 nitrogen and oxygen atoms in total. The van der Waals surface area contributed by atoms with Crippen LogP contribution in [0.25, 0.3) is 0 Å². The van der Waals surface area contributed by atoms with Gasteiger partial charge < -0.3 is 14.9 Å². The predicted octanol–water partition coefficient (Wildman–Crippen LogP) is -2.31. The van der Waals surface area contributed by atoms with E-state index in [0.717, 1.165) is 0 Å². The van der Waals surface area contributed by atoms with Crippen LogP contribution >= 0.6 is 0 Å². The molecule has 0 radical (unpaired) electrons. The minimum atomic E-state index is -1.62. The zero-order valence-corrected chi connectivity index (χ0v) is 9.18. The van der Waals surface area contributed by atoms with E-state index in [2.05, 4.69) is 0 Å². The van der Waals surface area contributed by atoms with Crippen LogP contribution in [-0.2, 0) is 4.74 Å². The number of rotatable bonds is 6. The van der Waals surface area contributed by atoms with Gasteiger partial charge in [0.25, 0.3) is 0 Å². The van der Waals surface area contributed by atoms with Crippen molar-refractivity contribution in [2.45, 2.75) is 50.6 Å². The lowest BCUT2D eigenvalue weighted by atomic mass is 10.1. The van der Waals surface area contributed by atoms with E-state index in [1.165, 1.54) is 13.8 Å². The predicted molar refractivity (Wildman–Crippen MR) is 55.9 cm³/mol. The third-order valence-corrected chi connectivity index (χ3v) is 1.61. The highest BCUT2D eigenvalue weighted by atomic mass is 16.6. The standard InChI is InChI=1S/C8H22N4O3/c1-5(13)3-7(9,10)15-8(11,12)4-6(2)14/h5-6,13-14H,3-4,9-12H2,1-2H3. The summed E-state index contributed by atoms with van der Waals surface area (Å²) in [7, 11) is 0. The summed E-state index contributed by atoms with van der Waals surface area (Å²) in [6.45, 7) is 3.03. The number of hydrogen-bond acceptors (Lipinski definition) is 7. The van der Waals surface area contributed by atoms with Crippen LogP contribution in [0.3, 0.4) is 0 Å². The Bertz CT molecular complexity index is 174. The molecule has 0 aromatic carbocycles. The minimum absolute atomic E-state index is 0.0110. The van der Waals surface area contributed by atoms with Crippen molar-refractivity contribution < 1.29 is 14.9 Å². The van der Waals surface area contributed by atoms with Crippen LogP contribution in [0.5, 0.6) is 0 Å². The SMILES string of the molecule is CC(O)CC(N)(N)OC(N)(N)CC(C)O. The molecule has 0 saturated carbocycles. The van der Waals surface area contributed by atoms with Crippen molar-refractivity contribution in [1.82, 2.24) is 0 Å². The molecule has 10 N–H and O–H groups in total. The molecule has 0 rings (SSSR count). The molecule has 15 heavy (non-hydrogen) atoms. The van der Waals surface area contributed by atoms with Crippen molar-refractivity contribution in [2.24, 2.45) is 22.9 Å². The molecule has 0 saturated heterocycles. The second-order valence-corrected chi connectivity index (χ2v) is 4.12. The fourth-order valence-corrected chi connectivity index (χ4v) is 1.36. The molecule has 0 aliphatic carbocycles. The molecule has 0 aliphatic heterocycles. The van der Waals surface area contributed by atoms with Crippen LogP contribution in [0.15, 0.2) is 0 Å². The van der Waals surface area contributed by atoms with E-state index in [0.29, 0.717) is 0 Å². The third-order valence-electron chi connectivity index (χ3n) is 1.61. The quantitative estimate of drug-likeness (QED) is 0.276. The van der Waals surface area contributed by atoms with Gasteiger partial charge in [0, 0.05) is 12.8 Å². The Balaban J connectivity index is 4.29. The van der Waals surface area contributed by atoms with E-state index in [1.807, 2.05) is 0 Å². The largest absolute Gasteiger partial charge is 0.393 e. The first-order valence-electron chi connectivity index (χ1n) is 4.76. The Hall–Kier alpha value is -0.280. The van der Waals surface area contributed by atoms with Crippen molar-refractivity contribution in [3.05, 3.63) is 0 Å². The maximum absolute atomic E-state index is 9.10. The number of aliphatic hydroxyl groups excluding tert-OH is 2. The fourth-order valence-electron chi connectivity index (χ4n) is 1.36. The maximum atomic E-state index is 9.10. The molecule has 92 valence electrons. The first-order valence-corrected chi connectivity index (χ1v) is 4.76. The Kier molecular flexibility index (Phi) is 5.07. The van der Waals surface area contributed by atoms with Crippen LogP contribution in [0.2, 0.25) is 0 Å². The summed E-state index contributed by atoms with van der Waals surface area (Å²) < 4.78 is 5.04. The van der Waals surface area contributed by atoms with Gasteiger partial charge in [0.05, 0.1) is 12.2 Å². The number of aliphatic hydroxyl groups is 2. The second kappa shape index (κ2) is 5.17. The lowest BCUT2D eigenvalue weighted by Gasteiger charge is -2.35. The highest BCUT2D eigenvalue weighted by Gasteiger charge is 2.33. The molecule has 0 aromatic heterocycles. The number of hydrogen-bond donors (Lipinski definition) is 6. The lowest BCUT2D eigenvalue weighted by molar-refractivity contribution is -0.172. The Morgan fingerprint density at radius 3 is 1.40 bits per heavy atom. The highest BCUT2D eigenvalue weighted by molar-refractivity contribution is 4.76. The van der Waals surface area contributed by atoms with E-state index in [9.17, 15) is 0 Å². The van der Waals surface area contributed by atoms with Crippen LogP contribution in [-0.4, -0.2) is 34.1 Å². The van der Waals surface area contributed by atoms with Gasteiger partial charge in [0.1, 0.15) is 0 Å². The van der Waals surface area contributed by atoms with Gasteiger partial charge in [0.2, 0.25) is 0 Å². The van der Waals surface area contributed by atoms with Gasteiger partial charge in [-0.25, -0.2) is 0 Å². The normalized spacial score (nSPS) is 17.6. The van der Waals surface area contributed by atoms with Crippen LogP contribution in [0, 0.1) is 0 Å². The van der Waals surface area contributed by atoms with E-state index < -0.39 is 23.9 Å². The fraction of sp³-hybridized carbons (Fsp3) is 1.00. The van der Waals surface area contributed by atoms with Crippen LogP contribution in [0.1, 0.15) is 26.7 Å². The Morgan fingerprint density at radius 2 is 1.20 bits per heavy atom. The van der Waals surface area contributed by atoms with Crippen molar-refractivity contribution in [2.75, 3.05) is 0 Å². The van der Waals surface area contributed by atoms with Gasteiger partial charge >= 0.3 is 0 Å². The van der Waals surface area contributed by atoms with E-state index in [1.54, 1.807) is 0 Å². The van der Waals surface area contributed by atoms with Crippen molar-refractivity contribution in [3.63, 3.8) is 0 Å². The average molecular weight is 222 g/mol. The molecule has 0 bridgehead atoms. The van der Waals surface area contributed by atoms with Gasteiger partial charge in [-0.15, -0.1) is 0 Å². The monoisotopic (exact) mass is 222 g/mol. The highest BCUT2D eigenvalue weighted by Crippen LogP contribution is 2.13. The summed E-state index contributed by atoms with van der Waals surface area (Å²) in [5.74, 6) is -3.24. The Morgan fingerprint density at radius 1 is 0.933 bits per heavy atom. The van der Waals surface area contributed by atoms with Gasteiger partial charge in [-0.05, 0) is 13.8 Å². The summed E-state index contributed by atoms with van der Waals surface area (Å²) in [6.07, 6.45) is -1.49. The van der Waals surface area contributed by atoms with Crippen molar-refractivity contribution in [1.29, 1.82) is 0 Å². The average Bonchev–Trinajstić information content (AvgIpc) is 1.73. The van der Waals surface area contributed by atoms with E-state index in [4.69, 9.17) is 37.9 Å². The molecule has 7 heteroatoms. The van der Waals surface area contributed by atoms with Gasteiger partial charge in [-0.2, -0.15) is 0 Å². The summed E-state index contributed by atoms with van der Waals surface area (Å²) in [5, 5.41) is 18.2. The lowest BCUT2D eigenvalue weighted by Crippen LogP contribution is -2.65. The zero-order valence-electron chi connectivity index (χ0n) is 9.18. The van der Waals surface area contributed by atoms with Crippen LogP contribution < -0.4 is 22.9 Å².